The van der Waals surface area contributed by atoms with Crippen LogP contribution < -0.4 is 0 Å². The molecule has 0 spiro atoms. The van der Waals surface area contributed by atoms with Gasteiger partial charge in [-0.05, 0) is 52.9 Å². The minimum Gasteiger partial charge on any atom is -0.481 e. The molecule has 1 N–H and O–H groups in total. The third-order valence-electron chi connectivity index (χ3n) is 3.37. The Kier molecular flexibility index (Phi) is 5.20. The van der Waals surface area contributed by atoms with Crippen LogP contribution in [0.25, 0.3) is 0 Å². The average Bonchev–Trinajstić information content (AvgIpc) is 2.25. The van der Waals surface area contributed by atoms with E-state index in [1.165, 1.54) is 0 Å². The number of amides is 1. The van der Waals surface area contributed by atoms with E-state index in [1.54, 1.807) is 4.90 Å². The van der Waals surface area contributed by atoms with Crippen molar-refractivity contribution in [2.24, 2.45) is 5.92 Å². The van der Waals surface area contributed by atoms with Crippen molar-refractivity contribution in [2.45, 2.75) is 65.0 Å². The highest BCUT2D eigenvalue weighted by atomic mass is 16.6. The number of carboxylic acid groups (broad SMARTS) is 1. The van der Waals surface area contributed by atoms with Crippen LogP contribution in [0.2, 0.25) is 0 Å². The summed E-state index contributed by atoms with van der Waals surface area (Å²) in [7, 11) is 0. The van der Waals surface area contributed by atoms with Crippen LogP contribution in [0.15, 0.2) is 0 Å². The van der Waals surface area contributed by atoms with Gasteiger partial charge in [-0.15, -0.1) is 0 Å². The summed E-state index contributed by atoms with van der Waals surface area (Å²) in [6.45, 7) is 8.16. The number of piperidine rings is 1. The molecule has 0 bridgehead atoms. The molecule has 5 nitrogen and oxygen atoms in total. The Labute approximate surface area is 114 Å². The number of nitrogens with zero attached hydrogens (tertiary/aromatic N) is 1. The predicted molar refractivity (Wildman–Crippen MR) is 72.0 cm³/mol. The maximum Gasteiger partial charge on any atom is 0.410 e. The molecule has 1 heterocycles. The molecule has 1 saturated heterocycles. The van der Waals surface area contributed by atoms with Gasteiger partial charge < -0.3 is 14.7 Å². The van der Waals surface area contributed by atoms with Gasteiger partial charge in [-0.1, -0.05) is 0 Å². The van der Waals surface area contributed by atoms with Crippen molar-refractivity contribution in [1.82, 2.24) is 4.90 Å². The lowest BCUT2D eigenvalue weighted by atomic mass is 9.90. The van der Waals surface area contributed by atoms with Crippen molar-refractivity contribution in [3.05, 3.63) is 0 Å². The van der Waals surface area contributed by atoms with Gasteiger partial charge in [0.15, 0.2) is 0 Å². The summed E-state index contributed by atoms with van der Waals surface area (Å²) in [6.07, 6.45) is 2.39. The molecule has 2 atom stereocenters. The molecule has 1 rings (SSSR count). The number of carbonyl (C=O) groups excluding carboxylic acids is 1. The van der Waals surface area contributed by atoms with Crippen LogP contribution in [0.3, 0.4) is 0 Å². The summed E-state index contributed by atoms with van der Waals surface area (Å²) in [6, 6.07) is 0.163. The molecule has 0 aromatic heterocycles. The van der Waals surface area contributed by atoms with Crippen LogP contribution >= 0.6 is 0 Å². The zero-order valence-electron chi connectivity index (χ0n) is 12.3. The molecule has 0 aromatic carbocycles. The van der Waals surface area contributed by atoms with Gasteiger partial charge in [0.2, 0.25) is 0 Å². The molecule has 0 unspecified atom stereocenters. The fourth-order valence-corrected chi connectivity index (χ4v) is 2.32. The van der Waals surface area contributed by atoms with Gasteiger partial charge in [0.1, 0.15) is 5.60 Å². The molecule has 5 heteroatoms. The van der Waals surface area contributed by atoms with Gasteiger partial charge in [0, 0.05) is 19.0 Å². The zero-order valence-corrected chi connectivity index (χ0v) is 12.3. The van der Waals surface area contributed by atoms with Crippen molar-refractivity contribution >= 4 is 12.1 Å². The highest BCUT2D eigenvalue weighted by molar-refractivity contribution is 5.69. The van der Waals surface area contributed by atoms with Crippen molar-refractivity contribution in [3.8, 4) is 0 Å². The zero-order chi connectivity index (χ0) is 14.6. The number of hydrogen-bond donors (Lipinski definition) is 1. The molecule has 1 aliphatic rings. The first-order chi connectivity index (χ1) is 8.69. The van der Waals surface area contributed by atoms with Crippen LogP contribution in [-0.2, 0) is 9.53 Å². The van der Waals surface area contributed by atoms with E-state index in [4.69, 9.17) is 9.84 Å². The molecule has 0 saturated carbocycles. The van der Waals surface area contributed by atoms with E-state index in [0.717, 1.165) is 12.8 Å². The molecule has 1 fully saturated rings. The second-order valence-electron chi connectivity index (χ2n) is 6.36. The molecular formula is C14H25NO4. The first kappa shape index (κ1) is 15.8. The van der Waals surface area contributed by atoms with E-state index in [-0.39, 0.29) is 24.5 Å². The molecule has 110 valence electrons. The summed E-state index contributed by atoms with van der Waals surface area (Å²) >= 11 is 0. The standard InChI is InChI=1S/C14H25NO4/c1-10-5-6-11(7-8-12(16)17)9-15(10)13(18)19-14(2,3)4/h10-11H,5-9H2,1-4H3,(H,16,17)/t10-,11+/m1/s1. The largest absolute Gasteiger partial charge is 0.481 e. The summed E-state index contributed by atoms with van der Waals surface area (Å²) < 4.78 is 5.39. The Morgan fingerprint density at radius 1 is 1.32 bits per heavy atom. The number of likely N-dealkylation sites (tertiary alicyclic amines) is 1. The molecule has 0 radical (unpaired) electrons. The van der Waals surface area contributed by atoms with Gasteiger partial charge in [0.05, 0.1) is 0 Å². The van der Waals surface area contributed by atoms with Crippen LogP contribution in [0.4, 0.5) is 4.79 Å². The maximum atomic E-state index is 12.1. The molecule has 1 aliphatic heterocycles. The minimum absolute atomic E-state index is 0.163. The van der Waals surface area contributed by atoms with E-state index in [1.807, 2.05) is 27.7 Å². The first-order valence-electron chi connectivity index (χ1n) is 6.90. The lowest BCUT2D eigenvalue weighted by Crippen LogP contribution is -2.47. The van der Waals surface area contributed by atoms with E-state index in [9.17, 15) is 9.59 Å². The fraction of sp³-hybridized carbons (Fsp3) is 0.857. The highest BCUT2D eigenvalue weighted by Crippen LogP contribution is 2.26. The Bertz CT molecular complexity index is 335. The first-order valence-corrected chi connectivity index (χ1v) is 6.90. The Morgan fingerprint density at radius 2 is 1.95 bits per heavy atom. The van der Waals surface area contributed by atoms with Crippen molar-refractivity contribution < 1.29 is 19.4 Å². The average molecular weight is 271 g/mol. The molecule has 19 heavy (non-hydrogen) atoms. The lowest BCUT2D eigenvalue weighted by Gasteiger charge is -2.38. The number of hydrogen-bond acceptors (Lipinski definition) is 3. The van der Waals surface area contributed by atoms with Crippen LogP contribution in [0, 0.1) is 5.92 Å². The van der Waals surface area contributed by atoms with E-state index in [2.05, 4.69) is 0 Å². The summed E-state index contributed by atoms with van der Waals surface area (Å²) in [5.74, 6) is -0.512. The van der Waals surface area contributed by atoms with E-state index < -0.39 is 11.6 Å². The normalized spacial score (nSPS) is 24.1. The Hall–Kier alpha value is -1.26. The van der Waals surface area contributed by atoms with Gasteiger partial charge >= 0.3 is 12.1 Å². The van der Waals surface area contributed by atoms with E-state index >= 15 is 0 Å². The fourth-order valence-electron chi connectivity index (χ4n) is 2.32. The van der Waals surface area contributed by atoms with Gasteiger partial charge in [-0.2, -0.15) is 0 Å². The predicted octanol–water partition coefficient (Wildman–Crippen LogP) is 2.89. The third-order valence-corrected chi connectivity index (χ3v) is 3.37. The quantitative estimate of drug-likeness (QED) is 0.857. The van der Waals surface area contributed by atoms with Gasteiger partial charge in [-0.3, -0.25) is 4.79 Å². The molecule has 0 aromatic rings. The number of rotatable bonds is 3. The minimum atomic E-state index is -0.776. The number of carbonyl (C=O) groups is 2. The second-order valence-corrected chi connectivity index (χ2v) is 6.36. The smallest absolute Gasteiger partial charge is 0.410 e. The van der Waals surface area contributed by atoms with E-state index in [0.29, 0.717) is 13.0 Å². The maximum absolute atomic E-state index is 12.1. The van der Waals surface area contributed by atoms with Crippen LogP contribution in [-0.4, -0.2) is 40.3 Å². The summed E-state index contributed by atoms with van der Waals surface area (Å²) in [4.78, 5) is 24.4. The molecular weight excluding hydrogens is 246 g/mol. The lowest BCUT2D eigenvalue weighted by molar-refractivity contribution is -0.137. The van der Waals surface area contributed by atoms with Crippen LogP contribution in [0.1, 0.15) is 53.4 Å². The topological polar surface area (TPSA) is 66.8 Å². The Morgan fingerprint density at radius 3 is 2.47 bits per heavy atom. The SMILES string of the molecule is C[C@@H]1CC[C@@H](CCC(=O)O)CN1C(=O)OC(C)(C)C. The molecule has 0 aliphatic carbocycles. The van der Waals surface area contributed by atoms with Crippen molar-refractivity contribution in [3.63, 3.8) is 0 Å². The molecule has 1 amide bonds. The number of ether oxygens (including phenoxy) is 1. The van der Waals surface area contributed by atoms with Crippen molar-refractivity contribution in [1.29, 1.82) is 0 Å². The monoisotopic (exact) mass is 271 g/mol. The summed E-state index contributed by atoms with van der Waals surface area (Å²) in [5.41, 5.74) is -0.495. The second kappa shape index (κ2) is 6.26. The van der Waals surface area contributed by atoms with Gasteiger partial charge in [-0.25, -0.2) is 4.79 Å². The summed E-state index contributed by atoms with van der Waals surface area (Å²) in [5, 5.41) is 8.72. The number of carboxylic acids is 1. The Balaban J connectivity index is 2.55. The third kappa shape index (κ3) is 5.49. The highest BCUT2D eigenvalue weighted by Gasteiger charge is 2.31. The van der Waals surface area contributed by atoms with Crippen molar-refractivity contribution in [2.75, 3.05) is 6.54 Å². The van der Waals surface area contributed by atoms with Gasteiger partial charge in [0.25, 0.3) is 0 Å². The van der Waals surface area contributed by atoms with Crippen LogP contribution in [0.5, 0.6) is 0 Å². The number of aliphatic carboxylic acids is 1.